The van der Waals surface area contributed by atoms with Gasteiger partial charge in [0.25, 0.3) is 0 Å². The number of benzene rings is 1. The van der Waals surface area contributed by atoms with Crippen LogP contribution < -0.4 is 5.32 Å². The van der Waals surface area contributed by atoms with E-state index >= 15 is 0 Å². The van der Waals surface area contributed by atoms with E-state index in [4.69, 9.17) is 4.99 Å². The average molecular weight is 371 g/mol. The molecule has 1 unspecified atom stereocenters. The Bertz CT molecular complexity index is 650. The van der Waals surface area contributed by atoms with Crippen LogP contribution in [0.1, 0.15) is 50.5 Å². The molecule has 0 radical (unpaired) electrons. The topological polar surface area (TPSA) is 47.9 Å². The van der Waals surface area contributed by atoms with Crippen molar-refractivity contribution < 1.29 is 4.79 Å². The molecule has 1 aliphatic heterocycles. The van der Waals surface area contributed by atoms with E-state index < -0.39 is 0 Å². The SMILES string of the molecule is CCNC(=NCC1(C(=O)N(C)C)CCCC1)N1CCC(c2ccccc2)C1. The summed E-state index contributed by atoms with van der Waals surface area (Å²) in [4.78, 5) is 21.9. The van der Waals surface area contributed by atoms with E-state index in [-0.39, 0.29) is 11.3 Å². The van der Waals surface area contributed by atoms with Crippen LogP contribution in [0.15, 0.2) is 35.3 Å². The molecule has 0 spiro atoms. The Balaban J connectivity index is 1.72. The summed E-state index contributed by atoms with van der Waals surface area (Å²) in [5, 5.41) is 3.46. The van der Waals surface area contributed by atoms with Crippen LogP contribution in [0.3, 0.4) is 0 Å². The van der Waals surface area contributed by atoms with Crippen molar-refractivity contribution in [2.24, 2.45) is 10.4 Å². The minimum absolute atomic E-state index is 0.239. The largest absolute Gasteiger partial charge is 0.357 e. The third-order valence-electron chi connectivity index (χ3n) is 6.05. The number of amides is 1. The van der Waals surface area contributed by atoms with E-state index in [1.165, 1.54) is 5.56 Å². The first-order chi connectivity index (χ1) is 13.1. The number of hydrogen-bond acceptors (Lipinski definition) is 2. The Morgan fingerprint density at radius 1 is 1.26 bits per heavy atom. The minimum Gasteiger partial charge on any atom is -0.357 e. The van der Waals surface area contributed by atoms with Gasteiger partial charge in [0.2, 0.25) is 5.91 Å². The van der Waals surface area contributed by atoms with Crippen LogP contribution in [0.5, 0.6) is 0 Å². The molecule has 148 valence electrons. The van der Waals surface area contributed by atoms with Crippen LogP contribution in [0.4, 0.5) is 0 Å². The lowest BCUT2D eigenvalue weighted by molar-refractivity contribution is -0.138. The van der Waals surface area contributed by atoms with Gasteiger partial charge in [-0.3, -0.25) is 9.79 Å². The van der Waals surface area contributed by atoms with Gasteiger partial charge in [-0.25, -0.2) is 0 Å². The van der Waals surface area contributed by atoms with Gasteiger partial charge < -0.3 is 15.1 Å². The molecule has 5 heteroatoms. The molecule has 0 aromatic heterocycles. The maximum atomic E-state index is 12.8. The molecule has 1 aliphatic carbocycles. The highest BCUT2D eigenvalue weighted by molar-refractivity contribution is 5.84. The predicted octanol–water partition coefficient (Wildman–Crippen LogP) is 3.09. The Kier molecular flexibility index (Phi) is 6.40. The first kappa shape index (κ1) is 19.7. The minimum atomic E-state index is -0.303. The Morgan fingerprint density at radius 2 is 1.96 bits per heavy atom. The number of carbonyl (C=O) groups is 1. The number of carbonyl (C=O) groups excluding carboxylic acids is 1. The van der Waals surface area contributed by atoms with E-state index in [9.17, 15) is 4.79 Å². The zero-order valence-corrected chi connectivity index (χ0v) is 17.1. The molecule has 2 fully saturated rings. The number of rotatable bonds is 5. The Labute approximate surface area is 163 Å². The Hall–Kier alpha value is -2.04. The maximum Gasteiger partial charge on any atom is 0.230 e. The molecule has 1 saturated carbocycles. The number of likely N-dealkylation sites (tertiary alicyclic amines) is 1. The third-order valence-corrected chi connectivity index (χ3v) is 6.05. The Morgan fingerprint density at radius 3 is 2.59 bits per heavy atom. The highest BCUT2D eigenvalue weighted by Gasteiger charge is 2.42. The van der Waals surface area contributed by atoms with Gasteiger partial charge in [0.1, 0.15) is 0 Å². The number of nitrogens with one attached hydrogen (secondary N) is 1. The molecule has 5 nitrogen and oxygen atoms in total. The van der Waals surface area contributed by atoms with Crippen molar-refractivity contribution in [3.63, 3.8) is 0 Å². The second-order valence-electron chi connectivity index (χ2n) is 8.20. The van der Waals surface area contributed by atoms with Crippen LogP contribution in [0.2, 0.25) is 0 Å². The van der Waals surface area contributed by atoms with Gasteiger partial charge in [0, 0.05) is 39.6 Å². The second-order valence-corrected chi connectivity index (χ2v) is 8.20. The summed E-state index contributed by atoms with van der Waals surface area (Å²) in [5.41, 5.74) is 1.11. The van der Waals surface area contributed by atoms with E-state index in [1.54, 1.807) is 4.90 Å². The summed E-state index contributed by atoms with van der Waals surface area (Å²) >= 11 is 0. The van der Waals surface area contributed by atoms with Crippen molar-refractivity contribution in [1.82, 2.24) is 15.1 Å². The molecular formula is C22H34N4O. The van der Waals surface area contributed by atoms with Crippen LogP contribution in [-0.2, 0) is 4.79 Å². The highest BCUT2D eigenvalue weighted by atomic mass is 16.2. The standard InChI is InChI=1S/C22H34N4O/c1-4-23-21(24-17-22(13-8-9-14-22)20(27)25(2)3)26-15-12-19(16-26)18-10-6-5-7-11-18/h5-7,10-11,19H,4,8-9,12-17H2,1-3H3,(H,23,24). The number of guanidine groups is 1. The molecule has 0 bridgehead atoms. The average Bonchev–Trinajstić information content (AvgIpc) is 3.36. The van der Waals surface area contributed by atoms with Crippen LogP contribution in [-0.4, -0.2) is 61.9 Å². The second kappa shape index (κ2) is 8.77. The van der Waals surface area contributed by atoms with Gasteiger partial charge >= 0.3 is 0 Å². The van der Waals surface area contributed by atoms with Crippen LogP contribution in [0.25, 0.3) is 0 Å². The molecule has 1 aromatic rings. The number of nitrogens with zero attached hydrogens (tertiary/aromatic N) is 3. The molecule has 1 atom stereocenters. The van der Waals surface area contributed by atoms with Crippen LogP contribution in [0, 0.1) is 5.41 Å². The van der Waals surface area contributed by atoms with Crippen molar-refractivity contribution in [1.29, 1.82) is 0 Å². The summed E-state index contributed by atoms with van der Waals surface area (Å²) < 4.78 is 0. The van der Waals surface area contributed by atoms with E-state index in [1.807, 2.05) is 14.1 Å². The first-order valence-corrected chi connectivity index (χ1v) is 10.4. The fraction of sp³-hybridized carbons (Fsp3) is 0.636. The highest BCUT2D eigenvalue weighted by Crippen LogP contribution is 2.40. The first-order valence-electron chi connectivity index (χ1n) is 10.4. The van der Waals surface area contributed by atoms with Crippen molar-refractivity contribution in [2.75, 3.05) is 40.3 Å². The number of aliphatic imine (C=N–C) groups is 1. The normalized spacial score (nSPS) is 22.1. The van der Waals surface area contributed by atoms with E-state index in [2.05, 4.69) is 47.5 Å². The van der Waals surface area contributed by atoms with Crippen molar-refractivity contribution in [3.05, 3.63) is 35.9 Å². The molecule has 1 saturated heterocycles. The summed E-state index contributed by atoms with van der Waals surface area (Å²) in [6, 6.07) is 10.8. The molecule has 3 rings (SSSR count). The van der Waals surface area contributed by atoms with Crippen molar-refractivity contribution in [2.45, 2.75) is 44.9 Å². The molecule has 1 N–H and O–H groups in total. The molecule has 27 heavy (non-hydrogen) atoms. The van der Waals surface area contributed by atoms with Crippen molar-refractivity contribution >= 4 is 11.9 Å². The van der Waals surface area contributed by atoms with E-state index in [0.29, 0.717) is 12.5 Å². The fourth-order valence-electron chi connectivity index (χ4n) is 4.57. The predicted molar refractivity (Wildman–Crippen MR) is 111 cm³/mol. The molecule has 1 aromatic carbocycles. The zero-order valence-electron chi connectivity index (χ0n) is 17.1. The summed E-state index contributed by atoms with van der Waals surface area (Å²) in [6.45, 7) is 5.56. The quantitative estimate of drug-likeness (QED) is 0.640. The molecular weight excluding hydrogens is 336 g/mol. The zero-order chi connectivity index (χ0) is 19.3. The summed E-state index contributed by atoms with van der Waals surface area (Å²) in [7, 11) is 3.73. The van der Waals surface area contributed by atoms with Gasteiger partial charge in [0.05, 0.1) is 12.0 Å². The number of hydrogen-bond donors (Lipinski definition) is 1. The fourth-order valence-corrected chi connectivity index (χ4v) is 4.57. The summed E-state index contributed by atoms with van der Waals surface area (Å²) in [6.07, 6.45) is 5.33. The van der Waals surface area contributed by atoms with Gasteiger partial charge in [-0.1, -0.05) is 43.2 Å². The maximum absolute atomic E-state index is 12.8. The van der Waals surface area contributed by atoms with Gasteiger partial charge in [-0.15, -0.1) is 0 Å². The van der Waals surface area contributed by atoms with Gasteiger partial charge in [-0.05, 0) is 31.7 Å². The smallest absolute Gasteiger partial charge is 0.230 e. The van der Waals surface area contributed by atoms with Crippen LogP contribution >= 0.6 is 0 Å². The van der Waals surface area contributed by atoms with E-state index in [0.717, 1.165) is 57.7 Å². The van der Waals surface area contributed by atoms with Crippen molar-refractivity contribution in [3.8, 4) is 0 Å². The molecule has 2 aliphatic rings. The molecule has 1 amide bonds. The molecule has 1 heterocycles. The summed E-state index contributed by atoms with van der Waals surface area (Å²) in [5.74, 6) is 1.76. The lowest BCUT2D eigenvalue weighted by Crippen LogP contribution is -2.44. The van der Waals surface area contributed by atoms with Gasteiger partial charge in [-0.2, -0.15) is 0 Å². The van der Waals surface area contributed by atoms with Gasteiger partial charge in [0.15, 0.2) is 5.96 Å². The third kappa shape index (κ3) is 4.45. The monoisotopic (exact) mass is 370 g/mol. The lowest BCUT2D eigenvalue weighted by atomic mass is 9.85. The lowest BCUT2D eigenvalue weighted by Gasteiger charge is -2.30.